The third-order valence-electron chi connectivity index (χ3n) is 1.73. The van der Waals surface area contributed by atoms with Crippen molar-refractivity contribution in [3.05, 3.63) is 18.5 Å². The molecular formula is C9H14N4OS. The molecule has 6 heteroatoms. The van der Waals surface area contributed by atoms with E-state index in [4.69, 9.17) is 5.84 Å². The molecule has 0 saturated heterocycles. The van der Waals surface area contributed by atoms with Crippen LogP contribution < -0.4 is 11.3 Å². The third-order valence-corrected chi connectivity index (χ3v) is 2.69. The number of carbonyl (C=O) groups is 1. The number of hydrogen-bond donors (Lipinski definition) is 2. The second-order valence-electron chi connectivity index (χ2n) is 2.90. The predicted octanol–water partition coefficient (Wildman–Crippen LogP) is 0.729. The van der Waals surface area contributed by atoms with Crippen molar-refractivity contribution in [2.24, 2.45) is 5.84 Å². The Morgan fingerprint density at radius 1 is 1.40 bits per heavy atom. The molecule has 0 spiro atoms. The van der Waals surface area contributed by atoms with Gasteiger partial charge in [0.05, 0.1) is 0 Å². The zero-order chi connectivity index (χ0) is 10.9. The van der Waals surface area contributed by atoms with Crippen molar-refractivity contribution in [1.29, 1.82) is 0 Å². The molecule has 0 unspecified atom stereocenters. The van der Waals surface area contributed by atoms with Gasteiger partial charge in [0, 0.05) is 24.6 Å². The number of nitrogens with zero attached hydrogens (tertiary/aromatic N) is 2. The van der Waals surface area contributed by atoms with E-state index in [9.17, 15) is 4.79 Å². The fourth-order valence-corrected chi connectivity index (χ4v) is 1.79. The van der Waals surface area contributed by atoms with Crippen molar-refractivity contribution in [2.75, 3.05) is 5.75 Å². The Bertz CT molecular complexity index is 293. The third kappa shape index (κ3) is 5.34. The number of thioether (sulfide) groups is 1. The largest absolute Gasteiger partial charge is 0.294 e. The second kappa shape index (κ2) is 7.19. The highest BCUT2D eigenvalue weighted by Gasteiger charge is 1.99. The Morgan fingerprint density at radius 2 is 2.13 bits per heavy atom. The van der Waals surface area contributed by atoms with Gasteiger partial charge in [-0.15, -0.1) is 0 Å². The summed E-state index contributed by atoms with van der Waals surface area (Å²) < 4.78 is 0. The first-order chi connectivity index (χ1) is 7.33. The second-order valence-corrected chi connectivity index (χ2v) is 3.97. The van der Waals surface area contributed by atoms with Gasteiger partial charge in [0.15, 0.2) is 5.16 Å². The lowest BCUT2D eigenvalue weighted by molar-refractivity contribution is -0.121. The molecule has 0 saturated carbocycles. The molecule has 5 nitrogen and oxygen atoms in total. The Kier molecular flexibility index (Phi) is 5.72. The van der Waals surface area contributed by atoms with Crippen LogP contribution in [0.15, 0.2) is 23.6 Å². The Hall–Kier alpha value is -1.14. The lowest BCUT2D eigenvalue weighted by atomic mass is 10.2. The molecule has 1 aromatic rings. The number of rotatable bonds is 6. The highest BCUT2D eigenvalue weighted by Crippen LogP contribution is 2.13. The van der Waals surface area contributed by atoms with Crippen LogP contribution in [0.4, 0.5) is 0 Å². The van der Waals surface area contributed by atoms with Crippen LogP contribution in [-0.2, 0) is 4.79 Å². The molecule has 0 bridgehead atoms. The van der Waals surface area contributed by atoms with Gasteiger partial charge in [-0.1, -0.05) is 11.8 Å². The summed E-state index contributed by atoms with van der Waals surface area (Å²) in [5, 5.41) is 0.778. The fraction of sp³-hybridized carbons (Fsp3) is 0.444. The lowest BCUT2D eigenvalue weighted by Gasteiger charge is -2.00. The van der Waals surface area contributed by atoms with E-state index in [0.29, 0.717) is 6.42 Å². The summed E-state index contributed by atoms with van der Waals surface area (Å²) in [4.78, 5) is 18.9. The van der Waals surface area contributed by atoms with Gasteiger partial charge in [0.1, 0.15) is 0 Å². The molecule has 82 valence electrons. The maximum absolute atomic E-state index is 10.8. The van der Waals surface area contributed by atoms with Crippen LogP contribution in [0.3, 0.4) is 0 Å². The number of hydrazine groups is 1. The average molecular weight is 226 g/mol. The van der Waals surface area contributed by atoms with Gasteiger partial charge in [0.2, 0.25) is 5.91 Å². The SMILES string of the molecule is NNC(=O)CCCCSc1ncccn1. The minimum absolute atomic E-state index is 0.115. The Balaban J connectivity index is 2.05. The van der Waals surface area contributed by atoms with Crippen LogP contribution >= 0.6 is 11.8 Å². The zero-order valence-electron chi connectivity index (χ0n) is 8.35. The summed E-state index contributed by atoms with van der Waals surface area (Å²) in [6, 6.07) is 1.79. The first-order valence-electron chi connectivity index (χ1n) is 4.72. The molecule has 0 radical (unpaired) electrons. The standard InChI is InChI=1S/C9H14N4OS/c10-13-8(14)4-1-2-7-15-9-11-5-3-6-12-9/h3,5-6H,1-2,4,7,10H2,(H,13,14). The molecule has 1 heterocycles. The van der Waals surface area contributed by atoms with Gasteiger partial charge in [-0.3, -0.25) is 10.2 Å². The minimum Gasteiger partial charge on any atom is -0.294 e. The van der Waals surface area contributed by atoms with Crippen LogP contribution in [0.2, 0.25) is 0 Å². The van der Waals surface area contributed by atoms with Crippen LogP contribution in [-0.4, -0.2) is 21.6 Å². The van der Waals surface area contributed by atoms with Crippen molar-refractivity contribution in [3.8, 4) is 0 Å². The maximum atomic E-state index is 10.8. The number of aromatic nitrogens is 2. The van der Waals surface area contributed by atoms with E-state index in [0.717, 1.165) is 23.8 Å². The monoisotopic (exact) mass is 226 g/mol. The lowest BCUT2D eigenvalue weighted by Crippen LogP contribution is -2.29. The van der Waals surface area contributed by atoms with Crippen molar-refractivity contribution < 1.29 is 4.79 Å². The molecule has 1 aromatic heterocycles. The highest BCUT2D eigenvalue weighted by atomic mass is 32.2. The van der Waals surface area contributed by atoms with Crippen LogP contribution in [0.5, 0.6) is 0 Å². The van der Waals surface area contributed by atoms with Crippen LogP contribution in [0.25, 0.3) is 0 Å². The number of nitrogens with two attached hydrogens (primary N) is 1. The molecule has 1 rings (SSSR count). The summed E-state index contributed by atoms with van der Waals surface area (Å²) in [5.41, 5.74) is 2.10. The molecule has 3 N–H and O–H groups in total. The molecule has 0 aromatic carbocycles. The normalized spacial score (nSPS) is 9.93. The zero-order valence-corrected chi connectivity index (χ0v) is 9.17. The molecule has 0 aliphatic carbocycles. The highest BCUT2D eigenvalue weighted by molar-refractivity contribution is 7.99. The van der Waals surface area contributed by atoms with Gasteiger partial charge >= 0.3 is 0 Å². The van der Waals surface area contributed by atoms with E-state index in [2.05, 4.69) is 15.4 Å². The van der Waals surface area contributed by atoms with Crippen LogP contribution in [0, 0.1) is 0 Å². The van der Waals surface area contributed by atoms with E-state index in [1.807, 2.05) is 0 Å². The number of carbonyl (C=O) groups excluding carboxylic acids is 1. The summed E-state index contributed by atoms with van der Waals surface area (Å²) in [5.74, 6) is 5.76. The fourth-order valence-electron chi connectivity index (χ4n) is 0.983. The molecule has 0 atom stereocenters. The first kappa shape index (κ1) is 11.9. The van der Waals surface area contributed by atoms with E-state index >= 15 is 0 Å². The van der Waals surface area contributed by atoms with E-state index in [-0.39, 0.29) is 5.91 Å². The van der Waals surface area contributed by atoms with Crippen molar-refractivity contribution in [1.82, 2.24) is 15.4 Å². The van der Waals surface area contributed by atoms with Gasteiger partial charge in [-0.05, 0) is 18.9 Å². The Morgan fingerprint density at radius 3 is 2.80 bits per heavy atom. The number of nitrogens with one attached hydrogen (secondary N) is 1. The van der Waals surface area contributed by atoms with E-state index in [1.54, 1.807) is 30.2 Å². The molecule has 0 aliphatic rings. The van der Waals surface area contributed by atoms with Gasteiger partial charge in [-0.2, -0.15) is 0 Å². The molecule has 15 heavy (non-hydrogen) atoms. The molecule has 0 aliphatic heterocycles. The smallest absolute Gasteiger partial charge is 0.233 e. The summed E-state index contributed by atoms with van der Waals surface area (Å²) in [6.07, 6.45) is 5.71. The Labute approximate surface area is 92.8 Å². The first-order valence-corrected chi connectivity index (χ1v) is 5.71. The van der Waals surface area contributed by atoms with E-state index in [1.165, 1.54) is 0 Å². The number of hydrogen-bond acceptors (Lipinski definition) is 5. The van der Waals surface area contributed by atoms with Crippen molar-refractivity contribution in [3.63, 3.8) is 0 Å². The quantitative estimate of drug-likeness (QED) is 0.187. The number of amides is 1. The van der Waals surface area contributed by atoms with Crippen LogP contribution in [0.1, 0.15) is 19.3 Å². The average Bonchev–Trinajstić information content (AvgIpc) is 2.29. The predicted molar refractivity (Wildman–Crippen MR) is 58.9 cm³/mol. The van der Waals surface area contributed by atoms with Crippen molar-refractivity contribution in [2.45, 2.75) is 24.4 Å². The van der Waals surface area contributed by atoms with Gasteiger partial charge < -0.3 is 0 Å². The topological polar surface area (TPSA) is 80.9 Å². The summed E-state index contributed by atoms with van der Waals surface area (Å²) in [6.45, 7) is 0. The number of unbranched alkanes of at least 4 members (excludes halogenated alkanes) is 1. The summed E-state index contributed by atoms with van der Waals surface area (Å²) >= 11 is 1.59. The van der Waals surface area contributed by atoms with Gasteiger partial charge in [-0.25, -0.2) is 15.8 Å². The van der Waals surface area contributed by atoms with Crippen molar-refractivity contribution >= 4 is 17.7 Å². The molecule has 0 fully saturated rings. The molecule has 1 amide bonds. The van der Waals surface area contributed by atoms with Gasteiger partial charge in [0.25, 0.3) is 0 Å². The van der Waals surface area contributed by atoms with E-state index < -0.39 is 0 Å². The minimum atomic E-state index is -0.115. The summed E-state index contributed by atoms with van der Waals surface area (Å²) in [7, 11) is 0. The molecular weight excluding hydrogens is 212 g/mol. The maximum Gasteiger partial charge on any atom is 0.233 e.